The number of hydrogen-bond donors (Lipinski definition) is 2. The van der Waals surface area contributed by atoms with Gasteiger partial charge in [-0.05, 0) is 69.4 Å². The molecule has 1 heterocycles. The van der Waals surface area contributed by atoms with Gasteiger partial charge in [0.2, 0.25) is 17.0 Å². The number of hydrogen-bond acceptors (Lipinski definition) is 7. The number of amides is 2. The third-order valence-corrected chi connectivity index (χ3v) is 7.69. The molecule has 0 fully saturated rings. The van der Waals surface area contributed by atoms with Crippen LogP contribution in [0.25, 0.3) is 5.69 Å². The summed E-state index contributed by atoms with van der Waals surface area (Å²) in [7, 11) is 3.93. The fourth-order valence-corrected chi connectivity index (χ4v) is 5.05. The molecule has 0 bridgehead atoms. The van der Waals surface area contributed by atoms with Crippen molar-refractivity contribution in [3.8, 4) is 5.69 Å². The summed E-state index contributed by atoms with van der Waals surface area (Å²) < 4.78 is 1.51. The molecule has 0 unspecified atom stereocenters. The molecule has 1 aromatic heterocycles. The van der Waals surface area contributed by atoms with E-state index in [-0.39, 0.29) is 29.4 Å². The highest BCUT2D eigenvalue weighted by atomic mass is 35.5. The molecule has 0 aliphatic rings. The van der Waals surface area contributed by atoms with Crippen LogP contribution >= 0.6 is 35.0 Å². The molecule has 0 spiro atoms. The van der Waals surface area contributed by atoms with Crippen LogP contribution in [0.2, 0.25) is 10.0 Å². The van der Waals surface area contributed by atoms with E-state index in [1.165, 1.54) is 16.4 Å². The lowest BCUT2D eigenvalue weighted by Gasteiger charge is -2.20. The maximum Gasteiger partial charge on any atom is 0.234 e. The average Bonchev–Trinajstić information content (AvgIpc) is 3.37. The van der Waals surface area contributed by atoms with E-state index in [1.54, 1.807) is 18.2 Å². The van der Waals surface area contributed by atoms with Crippen LogP contribution in [0.1, 0.15) is 31.9 Å². The summed E-state index contributed by atoms with van der Waals surface area (Å²) in [5, 5.41) is 18.7. The molecule has 12 heteroatoms. The number of thioether (sulfide) groups is 1. The van der Waals surface area contributed by atoms with E-state index in [1.807, 2.05) is 61.5 Å². The molecule has 0 aliphatic heterocycles. The number of nitrogens with one attached hydrogen (secondary N) is 2. The van der Waals surface area contributed by atoms with Crippen LogP contribution in [0.15, 0.2) is 65.8 Å². The van der Waals surface area contributed by atoms with E-state index in [0.29, 0.717) is 32.3 Å². The van der Waals surface area contributed by atoms with Crippen molar-refractivity contribution in [2.75, 3.05) is 35.4 Å². The van der Waals surface area contributed by atoms with E-state index in [4.69, 9.17) is 23.2 Å². The van der Waals surface area contributed by atoms with Gasteiger partial charge in [-0.1, -0.05) is 73.9 Å². The normalized spacial score (nSPS) is 11.3. The SMILES string of the molecule is CN(C)c1ccc(CC(=O)Nc2ccc(NC(=O)CSc3nnnn3-c3ccc(C(C)(C)C)cc3Cl)c(Cl)c2)cc1. The zero-order chi connectivity index (χ0) is 29.7. The van der Waals surface area contributed by atoms with Crippen molar-refractivity contribution in [2.24, 2.45) is 0 Å². The van der Waals surface area contributed by atoms with Gasteiger partial charge in [-0.2, -0.15) is 4.68 Å². The predicted molar refractivity (Wildman–Crippen MR) is 167 cm³/mol. The number of benzene rings is 3. The Balaban J connectivity index is 1.33. The van der Waals surface area contributed by atoms with E-state index in [0.717, 1.165) is 16.8 Å². The Morgan fingerprint density at radius 2 is 1.66 bits per heavy atom. The number of rotatable bonds is 9. The molecule has 4 aromatic rings. The highest BCUT2D eigenvalue weighted by Crippen LogP contribution is 2.31. The number of anilines is 3. The van der Waals surface area contributed by atoms with Gasteiger partial charge in [0.1, 0.15) is 0 Å². The van der Waals surface area contributed by atoms with Crippen molar-refractivity contribution in [3.05, 3.63) is 81.8 Å². The van der Waals surface area contributed by atoms with E-state index in [2.05, 4.69) is 46.9 Å². The van der Waals surface area contributed by atoms with Crippen molar-refractivity contribution in [2.45, 2.75) is 37.8 Å². The molecule has 0 saturated carbocycles. The van der Waals surface area contributed by atoms with Gasteiger partial charge in [-0.3, -0.25) is 9.59 Å². The van der Waals surface area contributed by atoms with Crippen LogP contribution in [0.3, 0.4) is 0 Å². The molecular formula is C29H31Cl2N7O2S. The van der Waals surface area contributed by atoms with Gasteiger partial charge in [0.05, 0.1) is 33.6 Å². The first kappa shape index (κ1) is 30.4. The van der Waals surface area contributed by atoms with Crippen molar-refractivity contribution >= 4 is 63.8 Å². The quantitative estimate of drug-likeness (QED) is 0.216. The van der Waals surface area contributed by atoms with Crippen molar-refractivity contribution < 1.29 is 9.59 Å². The second-order valence-electron chi connectivity index (χ2n) is 10.6. The first-order valence-electron chi connectivity index (χ1n) is 12.8. The van der Waals surface area contributed by atoms with Crippen LogP contribution in [-0.2, 0) is 21.4 Å². The average molecular weight is 613 g/mol. The van der Waals surface area contributed by atoms with Gasteiger partial charge in [0.15, 0.2) is 0 Å². The number of nitrogens with zero attached hydrogens (tertiary/aromatic N) is 5. The fourth-order valence-electron chi connectivity index (χ4n) is 3.88. The first-order chi connectivity index (χ1) is 19.4. The lowest BCUT2D eigenvalue weighted by atomic mass is 9.87. The van der Waals surface area contributed by atoms with E-state index < -0.39 is 0 Å². The molecule has 0 radical (unpaired) electrons. The summed E-state index contributed by atoms with van der Waals surface area (Å²) >= 11 is 14.1. The highest BCUT2D eigenvalue weighted by Gasteiger charge is 2.19. The van der Waals surface area contributed by atoms with Crippen LogP contribution in [0.4, 0.5) is 17.1 Å². The topological polar surface area (TPSA) is 105 Å². The Bertz CT molecular complexity index is 1550. The molecule has 2 N–H and O–H groups in total. The molecular weight excluding hydrogens is 581 g/mol. The molecule has 0 atom stereocenters. The fraction of sp³-hybridized carbons (Fsp3) is 0.276. The molecule has 0 saturated heterocycles. The Morgan fingerprint density at radius 3 is 2.29 bits per heavy atom. The lowest BCUT2D eigenvalue weighted by Crippen LogP contribution is -2.16. The molecule has 2 amide bonds. The van der Waals surface area contributed by atoms with Gasteiger partial charge in [0.25, 0.3) is 0 Å². The third-order valence-electron chi connectivity index (χ3n) is 6.16. The molecule has 214 valence electrons. The molecule has 41 heavy (non-hydrogen) atoms. The Hall–Kier alpha value is -3.60. The minimum atomic E-state index is -0.293. The number of carbonyl (C=O) groups is 2. The summed E-state index contributed by atoms with van der Waals surface area (Å²) in [5.41, 5.74) is 4.58. The summed E-state index contributed by atoms with van der Waals surface area (Å²) in [6.45, 7) is 6.33. The van der Waals surface area contributed by atoms with Crippen LogP contribution in [0.5, 0.6) is 0 Å². The summed E-state index contributed by atoms with van der Waals surface area (Å²) in [4.78, 5) is 27.2. The second-order valence-corrected chi connectivity index (χ2v) is 12.4. The predicted octanol–water partition coefficient (Wildman–Crippen LogP) is 6.24. The lowest BCUT2D eigenvalue weighted by molar-refractivity contribution is -0.115. The van der Waals surface area contributed by atoms with Crippen molar-refractivity contribution in [3.63, 3.8) is 0 Å². The number of carbonyl (C=O) groups excluding carboxylic acids is 2. The Morgan fingerprint density at radius 1 is 0.927 bits per heavy atom. The summed E-state index contributed by atoms with van der Waals surface area (Å²) in [6, 6.07) is 18.5. The smallest absolute Gasteiger partial charge is 0.234 e. The molecule has 3 aromatic carbocycles. The zero-order valence-electron chi connectivity index (χ0n) is 23.4. The first-order valence-corrected chi connectivity index (χ1v) is 14.5. The van der Waals surface area contributed by atoms with Gasteiger partial charge in [0, 0.05) is 25.5 Å². The van der Waals surface area contributed by atoms with Crippen molar-refractivity contribution in [1.29, 1.82) is 0 Å². The molecule has 0 aliphatic carbocycles. The van der Waals surface area contributed by atoms with Crippen LogP contribution in [-0.4, -0.2) is 51.9 Å². The van der Waals surface area contributed by atoms with Gasteiger partial charge < -0.3 is 15.5 Å². The van der Waals surface area contributed by atoms with Gasteiger partial charge >= 0.3 is 0 Å². The van der Waals surface area contributed by atoms with Crippen molar-refractivity contribution in [1.82, 2.24) is 20.2 Å². The molecule has 9 nitrogen and oxygen atoms in total. The third kappa shape index (κ3) is 8.00. The summed E-state index contributed by atoms with van der Waals surface area (Å²) in [6.07, 6.45) is 0.229. The second kappa shape index (κ2) is 12.9. The summed E-state index contributed by atoms with van der Waals surface area (Å²) in [5.74, 6) is -0.421. The number of tetrazole rings is 1. The maximum atomic E-state index is 12.7. The largest absolute Gasteiger partial charge is 0.378 e. The molecule has 4 rings (SSSR count). The van der Waals surface area contributed by atoms with E-state index in [9.17, 15) is 9.59 Å². The standard InChI is InChI=1S/C29H31Cl2N7O2S/c1-29(2,3)19-8-13-25(23(31)15-19)38-28(34-35-36-38)41-17-27(40)33-24-12-9-20(16-22(24)30)32-26(39)14-18-6-10-21(11-7-18)37(4)5/h6-13,15-16H,14,17H2,1-5H3,(H,32,39)(H,33,40). The Kier molecular flexibility index (Phi) is 9.57. The minimum absolute atomic E-state index is 0.0412. The maximum absolute atomic E-state index is 12.7. The van der Waals surface area contributed by atoms with Gasteiger partial charge in [-0.15, -0.1) is 5.10 Å². The van der Waals surface area contributed by atoms with Crippen LogP contribution < -0.4 is 15.5 Å². The minimum Gasteiger partial charge on any atom is -0.378 e. The number of halogens is 2. The van der Waals surface area contributed by atoms with E-state index >= 15 is 0 Å². The highest BCUT2D eigenvalue weighted by molar-refractivity contribution is 7.99. The Labute approximate surface area is 253 Å². The number of aromatic nitrogens is 4. The van der Waals surface area contributed by atoms with Crippen LogP contribution in [0, 0.1) is 0 Å². The van der Waals surface area contributed by atoms with Gasteiger partial charge in [-0.25, -0.2) is 0 Å². The zero-order valence-corrected chi connectivity index (χ0v) is 25.7. The monoisotopic (exact) mass is 611 g/mol.